The van der Waals surface area contributed by atoms with E-state index >= 15 is 0 Å². The Balaban J connectivity index is 2.35. The van der Waals surface area contributed by atoms with Crippen molar-refractivity contribution in [1.82, 2.24) is 4.98 Å². The number of aromatic nitrogens is 1. The first-order valence-electron chi connectivity index (χ1n) is 5.26. The van der Waals surface area contributed by atoms with Crippen LogP contribution < -0.4 is 0 Å². The van der Waals surface area contributed by atoms with Crippen LogP contribution in [0, 0.1) is 11.3 Å². The van der Waals surface area contributed by atoms with Crippen molar-refractivity contribution in [3.05, 3.63) is 29.1 Å². The van der Waals surface area contributed by atoms with E-state index in [0.29, 0.717) is 17.9 Å². The van der Waals surface area contributed by atoms with Crippen molar-refractivity contribution >= 4 is 11.5 Å². The highest BCUT2D eigenvalue weighted by Gasteiger charge is 2.19. The van der Waals surface area contributed by atoms with Gasteiger partial charge in [0.2, 0.25) is 0 Å². The molecular formula is C12H12N2O2. The van der Waals surface area contributed by atoms with Gasteiger partial charge in [-0.05, 0) is 31.4 Å². The number of hydrogen-bond donors (Lipinski definition) is 1. The first kappa shape index (κ1) is 10.5. The summed E-state index contributed by atoms with van der Waals surface area (Å²) >= 11 is 0. The highest BCUT2D eigenvalue weighted by atomic mass is 16.5. The maximum Gasteiger partial charge on any atom is 0.354 e. The van der Waals surface area contributed by atoms with E-state index in [9.17, 15) is 4.79 Å². The second kappa shape index (κ2) is 4.23. The molecule has 0 spiro atoms. The SMILES string of the molecule is CCOC(=O)c1cc2c([nH]1)C(C#N)=CCC2. The third-order valence-corrected chi connectivity index (χ3v) is 2.55. The van der Waals surface area contributed by atoms with E-state index in [-0.39, 0.29) is 5.97 Å². The van der Waals surface area contributed by atoms with Crippen LogP contribution in [0.15, 0.2) is 12.1 Å². The van der Waals surface area contributed by atoms with Crippen LogP contribution in [0.4, 0.5) is 0 Å². The standard InChI is InChI=1S/C12H12N2O2/c1-2-16-12(15)10-6-8-4-3-5-9(7-13)11(8)14-10/h5-6,14H,2-4H2,1H3. The number of rotatable bonds is 2. The predicted octanol–water partition coefficient (Wildman–Crippen LogP) is 2.04. The minimum absolute atomic E-state index is 0.351. The number of allylic oxidation sites excluding steroid dienone is 2. The van der Waals surface area contributed by atoms with E-state index in [1.54, 1.807) is 13.0 Å². The Hall–Kier alpha value is -2.02. The molecule has 2 rings (SSSR count). The first-order chi connectivity index (χ1) is 7.76. The fourth-order valence-corrected chi connectivity index (χ4v) is 1.83. The number of carbonyl (C=O) groups excluding carboxylic acids is 1. The van der Waals surface area contributed by atoms with Gasteiger partial charge in [0.25, 0.3) is 0 Å². The lowest BCUT2D eigenvalue weighted by atomic mass is 9.98. The largest absolute Gasteiger partial charge is 0.461 e. The minimum atomic E-state index is -0.366. The molecule has 0 saturated heterocycles. The molecular weight excluding hydrogens is 204 g/mol. The number of nitrogens with zero attached hydrogens (tertiary/aromatic N) is 1. The molecule has 0 aromatic carbocycles. The quantitative estimate of drug-likeness (QED) is 0.769. The summed E-state index contributed by atoms with van der Waals surface area (Å²) in [5.41, 5.74) is 2.81. The molecule has 1 aromatic rings. The lowest BCUT2D eigenvalue weighted by Crippen LogP contribution is -2.04. The van der Waals surface area contributed by atoms with Crippen LogP contribution in [0.5, 0.6) is 0 Å². The van der Waals surface area contributed by atoms with E-state index in [1.807, 2.05) is 6.08 Å². The number of nitriles is 1. The summed E-state index contributed by atoms with van der Waals surface area (Å²) in [4.78, 5) is 14.5. The number of nitrogens with one attached hydrogen (secondary N) is 1. The molecule has 0 aliphatic heterocycles. The average Bonchev–Trinajstić information content (AvgIpc) is 2.72. The number of aromatic amines is 1. The minimum Gasteiger partial charge on any atom is -0.461 e. The molecule has 82 valence electrons. The summed E-state index contributed by atoms with van der Waals surface area (Å²) in [5.74, 6) is -0.366. The Labute approximate surface area is 93.5 Å². The van der Waals surface area contributed by atoms with Crippen LogP contribution >= 0.6 is 0 Å². The molecule has 1 aliphatic rings. The van der Waals surface area contributed by atoms with Gasteiger partial charge < -0.3 is 9.72 Å². The van der Waals surface area contributed by atoms with Crippen molar-refractivity contribution in [3.63, 3.8) is 0 Å². The second-order valence-electron chi connectivity index (χ2n) is 3.57. The van der Waals surface area contributed by atoms with Crippen LogP contribution in [0.3, 0.4) is 0 Å². The van der Waals surface area contributed by atoms with Gasteiger partial charge in [-0.1, -0.05) is 6.08 Å². The summed E-state index contributed by atoms with van der Waals surface area (Å²) in [5, 5.41) is 8.93. The topological polar surface area (TPSA) is 65.9 Å². The van der Waals surface area contributed by atoms with Crippen molar-refractivity contribution in [2.45, 2.75) is 19.8 Å². The van der Waals surface area contributed by atoms with E-state index in [0.717, 1.165) is 24.1 Å². The second-order valence-corrected chi connectivity index (χ2v) is 3.57. The van der Waals surface area contributed by atoms with Crippen LogP contribution in [0.1, 0.15) is 35.1 Å². The zero-order valence-electron chi connectivity index (χ0n) is 9.04. The molecule has 0 atom stereocenters. The molecule has 16 heavy (non-hydrogen) atoms. The molecule has 1 heterocycles. The van der Waals surface area contributed by atoms with Gasteiger partial charge in [0.05, 0.1) is 17.9 Å². The zero-order chi connectivity index (χ0) is 11.5. The molecule has 4 heteroatoms. The van der Waals surface area contributed by atoms with E-state index in [1.165, 1.54) is 0 Å². The Morgan fingerprint density at radius 3 is 3.19 bits per heavy atom. The number of aryl methyl sites for hydroxylation is 1. The Morgan fingerprint density at radius 1 is 1.69 bits per heavy atom. The van der Waals surface area contributed by atoms with Crippen molar-refractivity contribution in [2.75, 3.05) is 6.61 Å². The maximum absolute atomic E-state index is 11.5. The normalized spacial score (nSPS) is 13.6. The summed E-state index contributed by atoms with van der Waals surface area (Å²) < 4.78 is 4.90. The van der Waals surface area contributed by atoms with Crippen molar-refractivity contribution in [2.24, 2.45) is 0 Å². The van der Waals surface area contributed by atoms with Crippen LogP contribution in [0.2, 0.25) is 0 Å². The van der Waals surface area contributed by atoms with Crippen LogP contribution in [-0.4, -0.2) is 17.6 Å². The summed E-state index contributed by atoms with van der Waals surface area (Å²) in [6.45, 7) is 2.12. The summed E-state index contributed by atoms with van der Waals surface area (Å²) in [6.07, 6.45) is 3.58. The first-order valence-corrected chi connectivity index (χ1v) is 5.26. The molecule has 0 saturated carbocycles. The lowest BCUT2D eigenvalue weighted by molar-refractivity contribution is 0.0520. The number of carbonyl (C=O) groups is 1. The van der Waals surface area contributed by atoms with Crippen LogP contribution in [0.25, 0.3) is 5.57 Å². The lowest BCUT2D eigenvalue weighted by Gasteiger charge is -2.06. The molecule has 1 aliphatic carbocycles. The number of hydrogen-bond acceptors (Lipinski definition) is 3. The third-order valence-electron chi connectivity index (χ3n) is 2.55. The molecule has 0 fully saturated rings. The Morgan fingerprint density at radius 2 is 2.50 bits per heavy atom. The summed E-state index contributed by atoms with van der Waals surface area (Å²) in [7, 11) is 0. The number of fused-ring (bicyclic) bond motifs is 1. The molecule has 4 nitrogen and oxygen atoms in total. The highest BCUT2D eigenvalue weighted by Crippen LogP contribution is 2.26. The zero-order valence-corrected chi connectivity index (χ0v) is 9.04. The fourth-order valence-electron chi connectivity index (χ4n) is 1.83. The van der Waals surface area contributed by atoms with Crippen molar-refractivity contribution < 1.29 is 9.53 Å². The van der Waals surface area contributed by atoms with Crippen molar-refractivity contribution in [1.29, 1.82) is 5.26 Å². The Kier molecular flexibility index (Phi) is 2.78. The molecule has 0 bridgehead atoms. The third kappa shape index (κ3) is 1.72. The maximum atomic E-state index is 11.5. The van der Waals surface area contributed by atoms with Crippen LogP contribution in [-0.2, 0) is 11.2 Å². The monoisotopic (exact) mass is 216 g/mol. The van der Waals surface area contributed by atoms with Gasteiger partial charge in [-0.25, -0.2) is 4.79 Å². The van der Waals surface area contributed by atoms with Gasteiger partial charge in [0.1, 0.15) is 11.8 Å². The molecule has 1 N–H and O–H groups in total. The Bertz CT molecular complexity index is 492. The molecule has 0 amide bonds. The fraction of sp³-hybridized carbons (Fsp3) is 0.333. The van der Waals surface area contributed by atoms with Gasteiger partial charge in [-0.15, -0.1) is 0 Å². The van der Waals surface area contributed by atoms with Crippen molar-refractivity contribution in [3.8, 4) is 6.07 Å². The smallest absolute Gasteiger partial charge is 0.354 e. The number of esters is 1. The average molecular weight is 216 g/mol. The van der Waals surface area contributed by atoms with E-state index in [2.05, 4.69) is 11.1 Å². The van der Waals surface area contributed by atoms with E-state index in [4.69, 9.17) is 10.00 Å². The van der Waals surface area contributed by atoms with Gasteiger partial charge in [-0.3, -0.25) is 0 Å². The predicted molar refractivity (Wildman–Crippen MR) is 58.7 cm³/mol. The van der Waals surface area contributed by atoms with Gasteiger partial charge in [-0.2, -0.15) is 5.26 Å². The molecule has 0 unspecified atom stereocenters. The van der Waals surface area contributed by atoms with Gasteiger partial charge in [0, 0.05) is 0 Å². The van der Waals surface area contributed by atoms with Gasteiger partial charge >= 0.3 is 5.97 Å². The van der Waals surface area contributed by atoms with Gasteiger partial charge in [0.15, 0.2) is 0 Å². The summed E-state index contributed by atoms with van der Waals surface area (Å²) in [6, 6.07) is 3.90. The number of H-pyrrole nitrogens is 1. The molecule has 1 aromatic heterocycles. The van der Waals surface area contributed by atoms with E-state index < -0.39 is 0 Å². The number of ether oxygens (including phenoxy) is 1. The molecule has 0 radical (unpaired) electrons. The highest BCUT2D eigenvalue weighted by molar-refractivity contribution is 5.90.